The minimum Gasteiger partial charge on any atom is -0.496 e. The number of aromatic nitrogens is 5. The van der Waals surface area contributed by atoms with Gasteiger partial charge < -0.3 is 19.5 Å². The molecule has 3 aromatic heterocycles. The molecule has 3 aromatic carbocycles. The molecule has 0 saturated carbocycles. The van der Waals surface area contributed by atoms with E-state index in [1.807, 2.05) is 60.9 Å². The molecule has 286 valence electrons. The number of ether oxygens (including phenoxy) is 1. The van der Waals surface area contributed by atoms with Crippen LogP contribution in [0, 0.1) is 29.3 Å². The van der Waals surface area contributed by atoms with Gasteiger partial charge in [0.2, 0.25) is 11.8 Å². The lowest BCUT2D eigenvalue weighted by Gasteiger charge is -2.43. The van der Waals surface area contributed by atoms with Gasteiger partial charge in [0.25, 0.3) is 16.7 Å². The van der Waals surface area contributed by atoms with Gasteiger partial charge in [0.1, 0.15) is 5.75 Å². The summed E-state index contributed by atoms with van der Waals surface area (Å²) in [6, 6.07) is 25.3. The monoisotopic (exact) mass is 788 g/mol. The van der Waals surface area contributed by atoms with Crippen LogP contribution in [0.4, 0.5) is 0 Å². The summed E-state index contributed by atoms with van der Waals surface area (Å²) in [6.45, 7) is 6.36. The zero-order chi connectivity index (χ0) is 39.4. The van der Waals surface area contributed by atoms with Crippen molar-refractivity contribution in [3.8, 4) is 28.9 Å². The van der Waals surface area contributed by atoms with Crippen molar-refractivity contribution in [1.82, 2.24) is 28.6 Å². The summed E-state index contributed by atoms with van der Waals surface area (Å²) >= 11 is 11.2. The molecule has 12 nitrogen and oxygen atoms in total. The van der Waals surface area contributed by atoms with E-state index in [0.717, 1.165) is 35.3 Å². The molecular weight excluding hydrogens is 749 g/mol. The van der Waals surface area contributed by atoms with Gasteiger partial charge in [0.05, 0.1) is 35.5 Å². The number of nitrogens with zero attached hydrogens (tertiary/aromatic N) is 4. The highest BCUT2D eigenvalue weighted by atomic mass is 32.1. The first-order valence-electron chi connectivity index (χ1n) is 18.3. The fourth-order valence-electron chi connectivity index (χ4n) is 8.56. The summed E-state index contributed by atoms with van der Waals surface area (Å²) in [5.74, 6) is -1.28. The number of aryl methyl sites for hydroxylation is 2. The quantitative estimate of drug-likeness (QED) is 0.134. The minimum atomic E-state index is -1.33. The van der Waals surface area contributed by atoms with Crippen LogP contribution in [-0.2, 0) is 13.1 Å². The van der Waals surface area contributed by atoms with Gasteiger partial charge in [-0.05, 0) is 110 Å². The molecule has 56 heavy (non-hydrogen) atoms. The Bertz CT molecular complexity index is 2710. The number of fused-ring (bicyclic) bond motifs is 4. The maximum Gasteiger partial charge on any atom is 0.259 e. The van der Waals surface area contributed by atoms with Crippen LogP contribution in [-0.4, -0.2) is 59.0 Å². The second-order valence-corrected chi connectivity index (χ2v) is 15.5. The van der Waals surface area contributed by atoms with Gasteiger partial charge >= 0.3 is 0 Å². The third-order valence-corrected chi connectivity index (χ3v) is 11.5. The number of hydrogen-bond donors (Lipinski definition) is 4. The maximum absolute atomic E-state index is 14.2. The standard InChI is InChI=1S/C42H40N6O6S2/c1-23-7-4-9-29(15-23)47-39(52)35(37(50)43-41(47)55)34(36-38(51)44-42(56)48(40(36)53)30-10-5-8-24(2)16-30)26-13-14-32(54-3)28(18-26)22-45-19-25-17-27(21-45)31-11-6-12-33(49)46(31)20-25/h4-16,18,25,27,34,52-53H,17,19-22H2,1-3H3,(H,43,50,55)(H,44,51,56)/t25-,27?/m0/s1. The SMILES string of the molecule is COc1ccc(C(c2c(O)n(-c3cccc(C)c3)c(=S)[nH]c2=O)c2c(O)n(-c3cccc(C)c3)c(=S)[nH]c2=O)cc1CN1CC2C[C@@H](C1)Cn1c2cccc1=O. The Balaban J connectivity index is 1.32. The molecule has 4 N–H and O–H groups in total. The van der Waals surface area contributed by atoms with Gasteiger partial charge in [-0.1, -0.05) is 36.4 Å². The van der Waals surface area contributed by atoms with Crippen molar-refractivity contribution in [2.45, 2.75) is 45.2 Å². The topological polar surface area (TPSA) is 151 Å². The van der Waals surface area contributed by atoms with Crippen molar-refractivity contribution in [2.75, 3.05) is 20.2 Å². The fraction of sp³-hybridized carbons (Fsp3) is 0.262. The van der Waals surface area contributed by atoms with E-state index in [-0.39, 0.29) is 38.1 Å². The predicted molar refractivity (Wildman–Crippen MR) is 218 cm³/mol. The number of nitrogens with one attached hydrogen (secondary N) is 2. The van der Waals surface area contributed by atoms with E-state index in [0.29, 0.717) is 42.3 Å². The van der Waals surface area contributed by atoms with Gasteiger partial charge in [-0.2, -0.15) is 0 Å². The highest BCUT2D eigenvalue weighted by Crippen LogP contribution is 2.41. The number of methoxy groups -OCH3 is 1. The Morgan fingerprint density at radius 1 is 0.768 bits per heavy atom. The van der Waals surface area contributed by atoms with E-state index in [1.54, 1.807) is 49.6 Å². The number of hydrogen-bond acceptors (Lipinski definition) is 9. The zero-order valence-electron chi connectivity index (χ0n) is 31.0. The van der Waals surface area contributed by atoms with Crippen LogP contribution in [0.15, 0.2) is 99.3 Å². The smallest absolute Gasteiger partial charge is 0.259 e. The van der Waals surface area contributed by atoms with E-state index in [4.69, 9.17) is 29.2 Å². The third kappa shape index (κ3) is 6.63. The van der Waals surface area contributed by atoms with Gasteiger partial charge in [-0.15, -0.1) is 0 Å². The summed E-state index contributed by atoms with van der Waals surface area (Å²) in [6.07, 6.45) is 0.989. The largest absolute Gasteiger partial charge is 0.496 e. The lowest BCUT2D eigenvalue weighted by atomic mass is 9.82. The van der Waals surface area contributed by atoms with Crippen molar-refractivity contribution in [3.05, 3.63) is 165 Å². The first kappa shape index (κ1) is 37.1. The zero-order valence-corrected chi connectivity index (χ0v) is 32.6. The summed E-state index contributed by atoms with van der Waals surface area (Å²) in [7, 11) is 1.58. The van der Waals surface area contributed by atoms with Crippen LogP contribution >= 0.6 is 24.4 Å². The van der Waals surface area contributed by atoms with Gasteiger partial charge in [-0.3, -0.25) is 38.4 Å². The number of likely N-dealkylation sites (tertiary alicyclic amines) is 1. The Morgan fingerprint density at radius 3 is 1.93 bits per heavy atom. The second-order valence-electron chi connectivity index (χ2n) is 14.7. The lowest BCUT2D eigenvalue weighted by molar-refractivity contribution is 0.113. The van der Waals surface area contributed by atoms with Crippen LogP contribution in [0.5, 0.6) is 17.5 Å². The Labute approximate surface area is 331 Å². The Morgan fingerprint density at radius 2 is 1.36 bits per heavy atom. The van der Waals surface area contributed by atoms with Gasteiger partial charge in [0.15, 0.2) is 9.54 Å². The molecule has 0 spiro atoms. The number of aromatic amines is 2. The average Bonchev–Trinajstić information content (AvgIpc) is 3.14. The highest BCUT2D eigenvalue weighted by Gasteiger charge is 2.36. The summed E-state index contributed by atoms with van der Waals surface area (Å²) in [5, 5.41) is 24.3. The molecule has 6 aromatic rings. The molecule has 0 aliphatic carbocycles. The fourth-order valence-corrected chi connectivity index (χ4v) is 9.12. The third-order valence-electron chi connectivity index (χ3n) is 10.9. The van der Waals surface area contributed by atoms with Crippen molar-refractivity contribution in [3.63, 3.8) is 0 Å². The molecule has 1 saturated heterocycles. The molecule has 8 rings (SSSR count). The molecule has 2 atom stereocenters. The first-order valence-corrected chi connectivity index (χ1v) is 19.1. The molecule has 1 fully saturated rings. The minimum absolute atomic E-state index is 0.0168. The van der Waals surface area contributed by atoms with E-state index < -0.39 is 28.8 Å². The normalized spacial score (nSPS) is 16.5. The number of H-pyrrole nitrogens is 2. The molecule has 2 aliphatic heterocycles. The number of aromatic hydroxyl groups is 2. The van der Waals surface area contributed by atoms with Crippen LogP contribution in [0.2, 0.25) is 0 Å². The van der Waals surface area contributed by atoms with Crippen LogP contribution in [0.3, 0.4) is 0 Å². The lowest BCUT2D eigenvalue weighted by Crippen LogP contribution is -2.46. The number of piperidine rings is 1. The number of pyridine rings is 1. The molecule has 5 heterocycles. The molecular formula is C42H40N6O6S2. The molecule has 0 amide bonds. The van der Waals surface area contributed by atoms with Gasteiger partial charge in [-0.25, -0.2) is 0 Å². The van der Waals surface area contributed by atoms with Crippen molar-refractivity contribution >= 4 is 24.4 Å². The first-order chi connectivity index (χ1) is 26.9. The highest BCUT2D eigenvalue weighted by molar-refractivity contribution is 7.71. The van der Waals surface area contributed by atoms with Crippen molar-refractivity contribution in [2.24, 2.45) is 5.92 Å². The molecule has 0 radical (unpaired) electrons. The average molecular weight is 789 g/mol. The molecule has 2 bridgehead atoms. The molecule has 2 aliphatic rings. The maximum atomic E-state index is 14.2. The summed E-state index contributed by atoms with van der Waals surface area (Å²) in [4.78, 5) is 48.8. The van der Waals surface area contributed by atoms with Crippen LogP contribution < -0.4 is 21.4 Å². The Hall–Kier alpha value is -5.83. The van der Waals surface area contributed by atoms with E-state index in [9.17, 15) is 24.6 Å². The number of rotatable bonds is 8. The van der Waals surface area contributed by atoms with Crippen molar-refractivity contribution in [1.29, 1.82) is 0 Å². The van der Waals surface area contributed by atoms with E-state index >= 15 is 0 Å². The predicted octanol–water partition coefficient (Wildman–Crippen LogP) is 6.10. The molecule has 14 heteroatoms. The Kier molecular flexibility index (Phi) is 9.73. The summed E-state index contributed by atoms with van der Waals surface area (Å²) < 4.78 is 10.3. The molecule has 1 unspecified atom stereocenters. The van der Waals surface area contributed by atoms with Gasteiger partial charge in [0, 0.05) is 49.4 Å². The van der Waals surface area contributed by atoms with Crippen LogP contribution in [0.1, 0.15) is 57.3 Å². The van der Waals surface area contributed by atoms with E-state index in [2.05, 4.69) is 14.9 Å². The van der Waals surface area contributed by atoms with E-state index in [1.165, 1.54) is 9.13 Å². The van der Waals surface area contributed by atoms with Crippen molar-refractivity contribution < 1.29 is 14.9 Å². The van der Waals surface area contributed by atoms with Crippen LogP contribution in [0.25, 0.3) is 11.4 Å². The summed E-state index contributed by atoms with van der Waals surface area (Å²) in [5.41, 5.74) is 3.12. The number of benzene rings is 3. The second kappa shape index (κ2) is 14.7.